The lowest BCUT2D eigenvalue weighted by atomic mass is 10.1. The molecule has 0 radical (unpaired) electrons. The molecule has 5 heteroatoms. The van der Waals surface area contributed by atoms with Gasteiger partial charge in [-0.15, -0.1) is 0 Å². The summed E-state index contributed by atoms with van der Waals surface area (Å²) < 4.78 is 1.74. The van der Waals surface area contributed by atoms with E-state index in [1.165, 1.54) is 11.1 Å². The van der Waals surface area contributed by atoms with Crippen LogP contribution < -0.4 is 5.56 Å². The highest BCUT2D eigenvalue weighted by Crippen LogP contribution is 2.30. The van der Waals surface area contributed by atoms with Crippen LogP contribution in [0.1, 0.15) is 16.7 Å². The van der Waals surface area contributed by atoms with E-state index in [0.717, 1.165) is 28.1 Å². The number of fused-ring (bicyclic) bond motifs is 1. The van der Waals surface area contributed by atoms with Crippen molar-refractivity contribution in [2.45, 2.75) is 24.8 Å². The Morgan fingerprint density at radius 1 is 0.875 bits per heavy atom. The van der Waals surface area contributed by atoms with Crippen molar-refractivity contribution >= 4 is 22.8 Å². The first-order chi connectivity index (χ1) is 15.6. The molecular formula is C27H23N3OS. The summed E-state index contributed by atoms with van der Waals surface area (Å²) in [5.74, 6) is 0.738. The predicted molar refractivity (Wildman–Crippen MR) is 133 cm³/mol. The average Bonchev–Trinajstić information content (AvgIpc) is 3.24. The Labute approximate surface area is 191 Å². The maximum atomic E-state index is 13.7. The van der Waals surface area contributed by atoms with Gasteiger partial charge in [0, 0.05) is 17.5 Å². The third-order valence-electron chi connectivity index (χ3n) is 5.73. The molecule has 0 aliphatic heterocycles. The van der Waals surface area contributed by atoms with Crippen molar-refractivity contribution in [3.63, 3.8) is 0 Å². The molecule has 0 spiro atoms. The first kappa shape index (κ1) is 20.3. The van der Waals surface area contributed by atoms with Crippen molar-refractivity contribution in [2.75, 3.05) is 0 Å². The second kappa shape index (κ2) is 8.52. The molecule has 0 amide bonds. The molecule has 0 aliphatic carbocycles. The van der Waals surface area contributed by atoms with Crippen molar-refractivity contribution in [1.82, 2.24) is 14.5 Å². The summed E-state index contributed by atoms with van der Waals surface area (Å²) in [6.45, 7) is 4.13. The summed E-state index contributed by atoms with van der Waals surface area (Å²) in [5, 5.41) is 0.692. The second-order valence-electron chi connectivity index (χ2n) is 7.83. The normalized spacial score (nSPS) is 11.2. The largest absolute Gasteiger partial charge is 0.355 e. The molecule has 0 aliphatic rings. The van der Waals surface area contributed by atoms with Crippen LogP contribution in [-0.2, 0) is 5.75 Å². The van der Waals surface area contributed by atoms with Crippen molar-refractivity contribution < 1.29 is 0 Å². The Balaban J connectivity index is 1.71. The standard InChI is InChI=1S/C27H23N3OS/c1-18-10-6-8-14-21(18)17-32-27-29-24-22(20-12-4-3-5-13-20)16-28-25(24)26(31)30(27)23-15-9-7-11-19(23)2/h3-16,28H,17H2,1-2H3. The van der Waals surface area contributed by atoms with Crippen molar-refractivity contribution in [1.29, 1.82) is 0 Å². The van der Waals surface area contributed by atoms with E-state index in [1.807, 2.05) is 79.9 Å². The second-order valence-corrected chi connectivity index (χ2v) is 8.77. The highest BCUT2D eigenvalue weighted by molar-refractivity contribution is 7.98. The fourth-order valence-electron chi connectivity index (χ4n) is 3.91. The fraction of sp³-hybridized carbons (Fsp3) is 0.111. The minimum atomic E-state index is -0.0845. The first-order valence-electron chi connectivity index (χ1n) is 10.6. The molecule has 3 aromatic carbocycles. The van der Waals surface area contributed by atoms with Gasteiger partial charge in [-0.2, -0.15) is 0 Å². The molecule has 5 rings (SSSR count). The highest BCUT2D eigenvalue weighted by Gasteiger charge is 2.19. The van der Waals surface area contributed by atoms with E-state index in [1.54, 1.807) is 16.3 Å². The number of nitrogens with zero attached hydrogens (tertiary/aromatic N) is 2. The monoisotopic (exact) mass is 437 g/mol. The van der Waals surface area contributed by atoms with Crippen LogP contribution in [-0.4, -0.2) is 14.5 Å². The summed E-state index contributed by atoms with van der Waals surface area (Å²) in [5.41, 5.74) is 7.47. The molecule has 0 bridgehead atoms. The quantitative estimate of drug-likeness (QED) is 0.260. The topological polar surface area (TPSA) is 50.7 Å². The van der Waals surface area contributed by atoms with Crippen LogP contribution in [0, 0.1) is 13.8 Å². The number of hydrogen-bond donors (Lipinski definition) is 1. The Bertz CT molecular complexity index is 1470. The first-order valence-corrected chi connectivity index (χ1v) is 11.5. The summed E-state index contributed by atoms with van der Waals surface area (Å²) in [6.07, 6.45) is 1.88. The Morgan fingerprint density at radius 3 is 2.31 bits per heavy atom. The van der Waals surface area contributed by atoms with Crippen molar-refractivity contribution in [2.24, 2.45) is 0 Å². The van der Waals surface area contributed by atoms with E-state index in [-0.39, 0.29) is 5.56 Å². The van der Waals surface area contributed by atoms with Crippen LogP contribution in [0.5, 0.6) is 0 Å². The number of thioether (sulfide) groups is 1. The molecule has 5 aromatic rings. The third-order valence-corrected chi connectivity index (χ3v) is 6.72. The van der Waals surface area contributed by atoms with E-state index in [2.05, 4.69) is 24.0 Å². The van der Waals surface area contributed by atoms with E-state index in [9.17, 15) is 4.79 Å². The van der Waals surface area contributed by atoms with E-state index in [0.29, 0.717) is 16.2 Å². The van der Waals surface area contributed by atoms with Crippen LogP contribution in [0.25, 0.3) is 27.8 Å². The molecule has 0 unspecified atom stereocenters. The van der Waals surface area contributed by atoms with Gasteiger partial charge in [0.2, 0.25) is 0 Å². The van der Waals surface area contributed by atoms with Crippen LogP contribution in [0.4, 0.5) is 0 Å². The summed E-state index contributed by atoms with van der Waals surface area (Å²) in [4.78, 5) is 21.9. The van der Waals surface area contributed by atoms with E-state index >= 15 is 0 Å². The van der Waals surface area contributed by atoms with Crippen LogP contribution >= 0.6 is 11.8 Å². The molecule has 2 heterocycles. The van der Waals surface area contributed by atoms with Gasteiger partial charge in [-0.05, 0) is 42.2 Å². The average molecular weight is 438 g/mol. The van der Waals surface area contributed by atoms with Gasteiger partial charge in [0.05, 0.1) is 5.69 Å². The van der Waals surface area contributed by atoms with E-state index in [4.69, 9.17) is 4.98 Å². The number of nitrogens with one attached hydrogen (secondary N) is 1. The maximum absolute atomic E-state index is 13.7. The number of para-hydroxylation sites is 1. The number of rotatable bonds is 5. The van der Waals surface area contributed by atoms with Crippen molar-refractivity contribution in [3.8, 4) is 16.8 Å². The minimum absolute atomic E-state index is 0.0845. The van der Waals surface area contributed by atoms with Gasteiger partial charge in [-0.3, -0.25) is 9.36 Å². The van der Waals surface area contributed by atoms with Gasteiger partial charge in [-0.1, -0.05) is 84.6 Å². The van der Waals surface area contributed by atoms with E-state index < -0.39 is 0 Å². The minimum Gasteiger partial charge on any atom is -0.355 e. The van der Waals surface area contributed by atoms with Crippen LogP contribution in [0.3, 0.4) is 0 Å². The lowest BCUT2D eigenvalue weighted by Crippen LogP contribution is -2.22. The van der Waals surface area contributed by atoms with Gasteiger partial charge in [-0.25, -0.2) is 4.98 Å². The third kappa shape index (κ3) is 3.65. The number of aromatic amines is 1. The Morgan fingerprint density at radius 2 is 1.56 bits per heavy atom. The van der Waals surface area contributed by atoms with Crippen molar-refractivity contribution in [3.05, 3.63) is 112 Å². The van der Waals surface area contributed by atoms with Gasteiger partial charge in [0.25, 0.3) is 5.56 Å². The number of aromatic nitrogens is 3. The SMILES string of the molecule is Cc1ccccc1CSc1nc2c(-c3ccccc3)c[nH]c2c(=O)n1-c1ccccc1C. The molecule has 0 fully saturated rings. The Kier molecular flexibility index (Phi) is 5.41. The van der Waals surface area contributed by atoms with Gasteiger partial charge in [0.15, 0.2) is 5.16 Å². The van der Waals surface area contributed by atoms with Gasteiger partial charge < -0.3 is 4.98 Å². The van der Waals surface area contributed by atoms with Crippen LogP contribution in [0.2, 0.25) is 0 Å². The number of benzene rings is 3. The zero-order chi connectivity index (χ0) is 22.1. The van der Waals surface area contributed by atoms with Gasteiger partial charge in [0.1, 0.15) is 11.0 Å². The molecular weight excluding hydrogens is 414 g/mol. The fourth-order valence-corrected chi connectivity index (χ4v) is 4.99. The summed E-state index contributed by atoms with van der Waals surface area (Å²) in [6, 6.07) is 26.3. The molecule has 4 nitrogen and oxygen atoms in total. The lowest BCUT2D eigenvalue weighted by molar-refractivity contribution is 0.813. The molecule has 0 saturated carbocycles. The maximum Gasteiger partial charge on any atom is 0.283 e. The summed E-state index contributed by atoms with van der Waals surface area (Å²) >= 11 is 1.59. The highest BCUT2D eigenvalue weighted by atomic mass is 32.2. The molecule has 0 saturated heterocycles. The smallest absolute Gasteiger partial charge is 0.283 e. The molecule has 0 atom stereocenters. The lowest BCUT2D eigenvalue weighted by Gasteiger charge is -2.15. The zero-order valence-electron chi connectivity index (χ0n) is 18.0. The molecule has 2 aromatic heterocycles. The predicted octanol–water partition coefficient (Wildman–Crippen LogP) is 6.29. The van der Waals surface area contributed by atoms with Gasteiger partial charge >= 0.3 is 0 Å². The molecule has 158 valence electrons. The van der Waals surface area contributed by atoms with Crippen LogP contribution in [0.15, 0.2) is 95.0 Å². The number of aryl methyl sites for hydroxylation is 2. The zero-order valence-corrected chi connectivity index (χ0v) is 18.8. The number of hydrogen-bond acceptors (Lipinski definition) is 3. The Hall–Kier alpha value is -3.57. The molecule has 1 N–H and O–H groups in total. The summed E-state index contributed by atoms with van der Waals surface area (Å²) in [7, 11) is 0. The number of H-pyrrole nitrogens is 1. The molecule has 32 heavy (non-hydrogen) atoms.